The van der Waals surface area contributed by atoms with Crippen molar-refractivity contribution in [2.24, 2.45) is 0 Å². The molecule has 2 aliphatic heterocycles. The summed E-state index contributed by atoms with van der Waals surface area (Å²) in [7, 11) is 0. The molecule has 18 heavy (non-hydrogen) atoms. The Morgan fingerprint density at radius 1 is 0.833 bits per heavy atom. The van der Waals surface area contributed by atoms with E-state index in [0.717, 1.165) is 0 Å². The molecule has 100 valence electrons. The van der Waals surface area contributed by atoms with E-state index in [9.17, 15) is 19.2 Å². The first-order valence-corrected chi connectivity index (χ1v) is 5.39. The van der Waals surface area contributed by atoms with Crippen LogP contribution in [0.5, 0.6) is 0 Å². The van der Waals surface area contributed by atoms with E-state index in [2.05, 4.69) is 20.1 Å². The summed E-state index contributed by atoms with van der Waals surface area (Å²) in [6.07, 6.45) is -0.741. The zero-order valence-corrected chi connectivity index (χ0v) is 10.0. The number of rotatable bonds is 0. The van der Waals surface area contributed by atoms with E-state index >= 15 is 0 Å². The SMILES string of the molecule is C[C@H]1CC(=O)OC(=O)N1.C[C@H]1CC(=O)OC(=O)N1. The van der Waals surface area contributed by atoms with Crippen molar-refractivity contribution in [1.29, 1.82) is 0 Å². The predicted molar refractivity (Wildman–Crippen MR) is 57.4 cm³/mol. The van der Waals surface area contributed by atoms with Crippen LogP contribution in [0.25, 0.3) is 0 Å². The van der Waals surface area contributed by atoms with E-state index in [0.29, 0.717) is 0 Å². The highest BCUT2D eigenvalue weighted by Gasteiger charge is 2.22. The van der Waals surface area contributed by atoms with E-state index < -0.39 is 24.1 Å². The molecule has 0 aromatic carbocycles. The Bertz CT molecular complexity index is 313. The summed E-state index contributed by atoms with van der Waals surface area (Å²) in [5.41, 5.74) is 0. The Morgan fingerprint density at radius 2 is 1.17 bits per heavy atom. The monoisotopic (exact) mass is 258 g/mol. The van der Waals surface area contributed by atoms with Crippen LogP contribution in [-0.4, -0.2) is 36.2 Å². The first-order valence-electron chi connectivity index (χ1n) is 5.39. The molecule has 2 fully saturated rings. The molecule has 0 unspecified atom stereocenters. The summed E-state index contributed by atoms with van der Waals surface area (Å²) in [5.74, 6) is -0.905. The van der Waals surface area contributed by atoms with Crippen molar-refractivity contribution in [3.63, 3.8) is 0 Å². The maximum absolute atomic E-state index is 10.4. The van der Waals surface area contributed by atoms with Crippen LogP contribution in [-0.2, 0) is 19.1 Å². The van der Waals surface area contributed by atoms with Gasteiger partial charge in [0.2, 0.25) is 0 Å². The Balaban J connectivity index is 0.000000180. The molecule has 8 nitrogen and oxygen atoms in total. The molecule has 0 spiro atoms. The number of esters is 2. The van der Waals surface area contributed by atoms with E-state index in [4.69, 9.17) is 0 Å². The van der Waals surface area contributed by atoms with Crippen LogP contribution in [0.3, 0.4) is 0 Å². The number of nitrogens with one attached hydrogen (secondary N) is 2. The van der Waals surface area contributed by atoms with Crippen LogP contribution in [0.4, 0.5) is 9.59 Å². The van der Waals surface area contributed by atoms with Gasteiger partial charge in [0.15, 0.2) is 0 Å². The van der Waals surface area contributed by atoms with Gasteiger partial charge in [0.05, 0.1) is 12.8 Å². The van der Waals surface area contributed by atoms with Crippen LogP contribution < -0.4 is 10.6 Å². The zero-order chi connectivity index (χ0) is 13.7. The minimum Gasteiger partial charge on any atom is -0.376 e. The zero-order valence-electron chi connectivity index (χ0n) is 10.0. The molecule has 0 aromatic heterocycles. The molecule has 0 saturated carbocycles. The van der Waals surface area contributed by atoms with Crippen LogP contribution >= 0.6 is 0 Å². The molecule has 8 heteroatoms. The highest BCUT2D eigenvalue weighted by atomic mass is 16.6. The third kappa shape index (κ3) is 4.81. The molecule has 0 aliphatic carbocycles. The van der Waals surface area contributed by atoms with Gasteiger partial charge in [-0.1, -0.05) is 0 Å². The fourth-order valence-electron chi connectivity index (χ4n) is 1.35. The summed E-state index contributed by atoms with van der Waals surface area (Å²) in [4.78, 5) is 41.5. The summed E-state index contributed by atoms with van der Waals surface area (Å²) in [6.45, 7) is 3.50. The Morgan fingerprint density at radius 3 is 1.39 bits per heavy atom. The average molecular weight is 258 g/mol. The minimum absolute atomic E-state index is 0.0845. The number of carbonyl (C=O) groups is 4. The second kappa shape index (κ2) is 5.99. The highest BCUT2D eigenvalue weighted by molar-refractivity contribution is 5.88. The lowest BCUT2D eigenvalue weighted by Crippen LogP contribution is -2.41. The lowest BCUT2D eigenvalue weighted by atomic mass is 10.2. The minimum atomic E-state index is -0.640. The first kappa shape index (κ1) is 13.9. The van der Waals surface area contributed by atoms with Crippen molar-refractivity contribution in [2.75, 3.05) is 0 Å². The summed E-state index contributed by atoms with van der Waals surface area (Å²) >= 11 is 0. The fourth-order valence-corrected chi connectivity index (χ4v) is 1.35. The maximum Gasteiger partial charge on any atom is 0.415 e. The average Bonchev–Trinajstić information content (AvgIpc) is 2.12. The number of alkyl carbamates (subject to hydrolysis) is 2. The number of cyclic esters (lactones) is 4. The first-order chi connectivity index (χ1) is 8.36. The number of carbonyl (C=O) groups excluding carboxylic acids is 4. The molecule has 2 rings (SSSR count). The van der Waals surface area contributed by atoms with Gasteiger partial charge >= 0.3 is 24.1 Å². The molecule has 0 bridgehead atoms. The number of ether oxygens (including phenoxy) is 2. The van der Waals surface area contributed by atoms with E-state index in [1.54, 1.807) is 13.8 Å². The Labute approximate surface area is 103 Å². The molecular formula is C10H14N2O6. The molecule has 2 N–H and O–H groups in total. The number of hydrogen-bond donors (Lipinski definition) is 2. The topological polar surface area (TPSA) is 111 Å². The maximum atomic E-state index is 10.4. The molecule has 2 aliphatic rings. The molecule has 2 atom stereocenters. The van der Waals surface area contributed by atoms with Gasteiger partial charge in [-0.05, 0) is 13.8 Å². The third-order valence-electron chi connectivity index (χ3n) is 2.09. The van der Waals surface area contributed by atoms with Crippen LogP contribution in [0.15, 0.2) is 0 Å². The van der Waals surface area contributed by atoms with Gasteiger partial charge in [-0.2, -0.15) is 0 Å². The third-order valence-corrected chi connectivity index (χ3v) is 2.09. The van der Waals surface area contributed by atoms with Crippen molar-refractivity contribution in [1.82, 2.24) is 10.6 Å². The molecular weight excluding hydrogens is 244 g/mol. The smallest absolute Gasteiger partial charge is 0.376 e. The van der Waals surface area contributed by atoms with Gasteiger partial charge in [0, 0.05) is 12.1 Å². The molecule has 0 aromatic rings. The highest BCUT2D eigenvalue weighted by Crippen LogP contribution is 2.01. The van der Waals surface area contributed by atoms with Gasteiger partial charge in [-0.3, -0.25) is 9.59 Å². The predicted octanol–water partition coefficient (Wildman–Crippen LogP) is 0.0628. The van der Waals surface area contributed by atoms with Gasteiger partial charge in [-0.15, -0.1) is 0 Å². The summed E-state index contributed by atoms with van der Waals surface area (Å²) in [6, 6.07) is -0.169. The number of hydrogen-bond acceptors (Lipinski definition) is 6. The second-order valence-electron chi connectivity index (χ2n) is 4.02. The lowest BCUT2D eigenvalue weighted by Gasteiger charge is -2.16. The molecule has 2 saturated heterocycles. The van der Waals surface area contributed by atoms with Crippen LogP contribution in [0.1, 0.15) is 26.7 Å². The van der Waals surface area contributed by atoms with Crippen molar-refractivity contribution < 1.29 is 28.7 Å². The van der Waals surface area contributed by atoms with Gasteiger partial charge in [0.1, 0.15) is 0 Å². The standard InChI is InChI=1S/2C5H7NO3/c2*1-3-2-4(7)9-5(8)6-3/h2*3H,2H2,1H3,(H,6,8)/t2*3-/m00/s1. The van der Waals surface area contributed by atoms with Gasteiger partial charge < -0.3 is 20.1 Å². The Hall–Kier alpha value is -2.12. The number of amides is 2. The van der Waals surface area contributed by atoms with Crippen molar-refractivity contribution in [3.8, 4) is 0 Å². The molecule has 2 amide bonds. The summed E-state index contributed by atoms with van der Waals surface area (Å²) < 4.78 is 8.34. The van der Waals surface area contributed by atoms with Crippen molar-refractivity contribution in [2.45, 2.75) is 38.8 Å². The summed E-state index contributed by atoms with van der Waals surface area (Å²) in [5, 5.41) is 4.86. The lowest BCUT2D eigenvalue weighted by molar-refractivity contribution is -0.140. The largest absolute Gasteiger partial charge is 0.415 e. The normalized spacial score (nSPS) is 27.0. The van der Waals surface area contributed by atoms with Crippen LogP contribution in [0.2, 0.25) is 0 Å². The quantitative estimate of drug-likeness (QED) is 0.469. The molecule has 2 heterocycles. The van der Waals surface area contributed by atoms with Crippen molar-refractivity contribution in [3.05, 3.63) is 0 Å². The van der Waals surface area contributed by atoms with E-state index in [1.807, 2.05) is 0 Å². The van der Waals surface area contributed by atoms with Crippen LogP contribution in [0, 0.1) is 0 Å². The van der Waals surface area contributed by atoms with Crippen molar-refractivity contribution >= 4 is 24.1 Å². The van der Waals surface area contributed by atoms with E-state index in [-0.39, 0.29) is 24.9 Å². The van der Waals surface area contributed by atoms with Gasteiger partial charge in [0.25, 0.3) is 0 Å². The van der Waals surface area contributed by atoms with Gasteiger partial charge in [-0.25, -0.2) is 9.59 Å². The Kier molecular flexibility index (Phi) is 4.64. The molecule has 0 radical (unpaired) electrons. The van der Waals surface area contributed by atoms with E-state index in [1.165, 1.54) is 0 Å². The fraction of sp³-hybridized carbons (Fsp3) is 0.600. The second-order valence-corrected chi connectivity index (χ2v) is 4.02.